The van der Waals surface area contributed by atoms with Crippen LogP contribution in [0.15, 0.2) is 6.20 Å². The molecule has 1 fully saturated rings. The van der Waals surface area contributed by atoms with Gasteiger partial charge in [0.1, 0.15) is 0 Å². The standard InChI is InChI=1S/C12H17N3O3/c1-8-10(7-14(2)13-8)12(18)15-6-5-9(15)3-4-11(16)17/h7,9H,3-6H2,1-2H3,(H,16,17). The van der Waals surface area contributed by atoms with Crippen molar-refractivity contribution in [2.75, 3.05) is 6.54 Å². The Morgan fingerprint density at radius 2 is 2.28 bits per heavy atom. The molecule has 0 bridgehead atoms. The number of amides is 1. The van der Waals surface area contributed by atoms with Crippen LogP contribution in [0.5, 0.6) is 0 Å². The van der Waals surface area contributed by atoms with E-state index in [4.69, 9.17) is 5.11 Å². The first kappa shape index (κ1) is 12.6. The minimum atomic E-state index is -0.813. The molecule has 1 aliphatic rings. The third-order valence-corrected chi connectivity index (χ3v) is 3.34. The molecule has 98 valence electrons. The molecule has 1 aromatic rings. The van der Waals surface area contributed by atoms with Crippen molar-refractivity contribution in [2.45, 2.75) is 32.2 Å². The van der Waals surface area contributed by atoms with Crippen LogP contribution in [-0.2, 0) is 11.8 Å². The zero-order valence-electron chi connectivity index (χ0n) is 10.6. The highest BCUT2D eigenvalue weighted by molar-refractivity contribution is 5.95. The van der Waals surface area contributed by atoms with E-state index in [1.165, 1.54) is 0 Å². The van der Waals surface area contributed by atoms with Crippen LogP contribution in [0.1, 0.15) is 35.3 Å². The first-order chi connectivity index (χ1) is 8.49. The van der Waals surface area contributed by atoms with Crippen LogP contribution in [-0.4, -0.2) is 44.3 Å². The van der Waals surface area contributed by atoms with Crippen LogP contribution >= 0.6 is 0 Å². The van der Waals surface area contributed by atoms with E-state index in [1.54, 1.807) is 29.7 Å². The highest BCUT2D eigenvalue weighted by Crippen LogP contribution is 2.25. The fourth-order valence-corrected chi connectivity index (χ4v) is 2.26. The number of aromatic nitrogens is 2. The molecule has 6 nitrogen and oxygen atoms in total. The summed E-state index contributed by atoms with van der Waals surface area (Å²) >= 11 is 0. The number of carbonyl (C=O) groups is 2. The number of hydrogen-bond donors (Lipinski definition) is 1. The van der Waals surface area contributed by atoms with Gasteiger partial charge in [-0.15, -0.1) is 0 Å². The Morgan fingerprint density at radius 3 is 2.72 bits per heavy atom. The van der Waals surface area contributed by atoms with Gasteiger partial charge in [-0.3, -0.25) is 14.3 Å². The van der Waals surface area contributed by atoms with Crippen LogP contribution in [0.25, 0.3) is 0 Å². The van der Waals surface area contributed by atoms with Crippen molar-refractivity contribution in [2.24, 2.45) is 7.05 Å². The van der Waals surface area contributed by atoms with Gasteiger partial charge in [0.25, 0.3) is 5.91 Å². The number of carboxylic acid groups (broad SMARTS) is 1. The molecule has 0 saturated carbocycles. The van der Waals surface area contributed by atoms with Crippen molar-refractivity contribution in [1.82, 2.24) is 14.7 Å². The zero-order valence-corrected chi connectivity index (χ0v) is 10.6. The molecular weight excluding hydrogens is 234 g/mol. The summed E-state index contributed by atoms with van der Waals surface area (Å²) in [4.78, 5) is 24.5. The molecule has 1 aliphatic heterocycles. The van der Waals surface area contributed by atoms with E-state index in [9.17, 15) is 9.59 Å². The van der Waals surface area contributed by atoms with Crippen molar-refractivity contribution in [3.8, 4) is 0 Å². The molecule has 1 unspecified atom stereocenters. The molecule has 2 rings (SSSR count). The number of nitrogens with zero attached hydrogens (tertiary/aromatic N) is 3. The van der Waals surface area contributed by atoms with Gasteiger partial charge in [0, 0.05) is 32.3 Å². The van der Waals surface area contributed by atoms with E-state index in [2.05, 4.69) is 5.10 Å². The van der Waals surface area contributed by atoms with Crippen LogP contribution in [0.2, 0.25) is 0 Å². The number of aliphatic carboxylic acids is 1. The highest BCUT2D eigenvalue weighted by atomic mass is 16.4. The second-order valence-electron chi connectivity index (χ2n) is 4.68. The van der Waals surface area contributed by atoms with Crippen molar-refractivity contribution in [3.05, 3.63) is 17.5 Å². The lowest BCUT2D eigenvalue weighted by Crippen LogP contribution is -2.51. The topological polar surface area (TPSA) is 75.4 Å². The molecule has 1 saturated heterocycles. The molecule has 1 atom stereocenters. The third-order valence-electron chi connectivity index (χ3n) is 3.34. The highest BCUT2D eigenvalue weighted by Gasteiger charge is 2.33. The maximum absolute atomic E-state index is 12.2. The minimum Gasteiger partial charge on any atom is -0.481 e. The summed E-state index contributed by atoms with van der Waals surface area (Å²) in [5.74, 6) is -0.853. The monoisotopic (exact) mass is 251 g/mol. The Morgan fingerprint density at radius 1 is 1.56 bits per heavy atom. The molecule has 1 amide bonds. The normalized spacial score (nSPS) is 18.6. The predicted molar refractivity (Wildman–Crippen MR) is 64.3 cm³/mol. The van der Waals surface area contributed by atoms with Gasteiger partial charge in [-0.1, -0.05) is 0 Å². The van der Waals surface area contributed by atoms with E-state index in [0.29, 0.717) is 24.2 Å². The molecule has 1 aromatic heterocycles. The quantitative estimate of drug-likeness (QED) is 0.859. The maximum atomic E-state index is 12.2. The van der Waals surface area contributed by atoms with Crippen molar-refractivity contribution < 1.29 is 14.7 Å². The smallest absolute Gasteiger partial charge is 0.303 e. The summed E-state index contributed by atoms with van der Waals surface area (Å²) in [7, 11) is 1.78. The Hall–Kier alpha value is -1.85. The van der Waals surface area contributed by atoms with Crippen molar-refractivity contribution in [1.29, 1.82) is 0 Å². The molecular formula is C12H17N3O3. The van der Waals surface area contributed by atoms with Gasteiger partial charge in [-0.2, -0.15) is 5.10 Å². The molecule has 2 heterocycles. The third kappa shape index (κ3) is 2.37. The Bertz CT molecular complexity index is 481. The number of rotatable bonds is 4. The lowest BCUT2D eigenvalue weighted by atomic mass is 9.96. The van der Waals surface area contributed by atoms with Gasteiger partial charge in [-0.05, 0) is 19.8 Å². The van der Waals surface area contributed by atoms with Gasteiger partial charge in [0.05, 0.1) is 11.3 Å². The van der Waals surface area contributed by atoms with Gasteiger partial charge < -0.3 is 10.0 Å². The molecule has 0 aromatic carbocycles. The summed E-state index contributed by atoms with van der Waals surface area (Å²) in [5, 5.41) is 12.8. The summed E-state index contributed by atoms with van der Waals surface area (Å²) in [6.45, 7) is 2.51. The van der Waals surface area contributed by atoms with E-state index >= 15 is 0 Å². The number of hydrogen-bond acceptors (Lipinski definition) is 3. The molecule has 0 aliphatic carbocycles. The number of carboxylic acids is 1. The van der Waals surface area contributed by atoms with Crippen LogP contribution in [0, 0.1) is 6.92 Å². The van der Waals surface area contributed by atoms with Crippen molar-refractivity contribution in [3.63, 3.8) is 0 Å². The van der Waals surface area contributed by atoms with E-state index in [0.717, 1.165) is 6.42 Å². The SMILES string of the molecule is Cc1nn(C)cc1C(=O)N1CCC1CCC(=O)O. The first-order valence-electron chi connectivity index (χ1n) is 6.02. The van der Waals surface area contributed by atoms with Gasteiger partial charge in [0.15, 0.2) is 0 Å². The second-order valence-corrected chi connectivity index (χ2v) is 4.68. The summed E-state index contributed by atoms with van der Waals surface area (Å²) in [6, 6.07) is 0.0632. The predicted octanol–water partition coefficient (Wildman–Crippen LogP) is 0.808. The summed E-state index contributed by atoms with van der Waals surface area (Å²) in [6.07, 6.45) is 3.24. The van der Waals surface area contributed by atoms with Gasteiger partial charge in [-0.25, -0.2) is 0 Å². The fraction of sp³-hybridized carbons (Fsp3) is 0.583. The van der Waals surface area contributed by atoms with Crippen LogP contribution in [0.4, 0.5) is 0 Å². The fourth-order valence-electron chi connectivity index (χ4n) is 2.26. The van der Waals surface area contributed by atoms with Gasteiger partial charge >= 0.3 is 5.97 Å². The Kier molecular flexibility index (Phi) is 3.36. The van der Waals surface area contributed by atoms with E-state index in [1.807, 2.05) is 0 Å². The summed E-state index contributed by atoms with van der Waals surface area (Å²) in [5.41, 5.74) is 1.32. The minimum absolute atomic E-state index is 0.0396. The lowest BCUT2D eigenvalue weighted by Gasteiger charge is -2.40. The first-order valence-corrected chi connectivity index (χ1v) is 6.02. The van der Waals surface area contributed by atoms with E-state index in [-0.39, 0.29) is 18.4 Å². The number of carbonyl (C=O) groups excluding carboxylic acids is 1. The average Bonchev–Trinajstić information content (AvgIpc) is 2.55. The summed E-state index contributed by atoms with van der Waals surface area (Å²) < 4.78 is 1.62. The molecule has 18 heavy (non-hydrogen) atoms. The van der Waals surface area contributed by atoms with Gasteiger partial charge in [0.2, 0.25) is 0 Å². The molecule has 6 heteroatoms. The molecule has 0 radical (unpaired) electrons. The van der Waals surface area contributed by atoms with Crippen molar-refractivity contribution >= 4 is 11.9 Å². The zero-order chi connectivity index (χ0) is 13.3. The largest absolute Gasteiger partial charge is 0.481 e. The van der Waals surface area contributed by atoms with Crippen LogP contribution in [0.3, 0.4) is 0 Å². The molecule has 1 N–H and O–H groups in total. The lowest BCUT2D eigenvalue weighted by molar-refractivity contribution is -0.137. The maximum Gasteiger partial charge on any atom is 0.303 e. The van der Waals surface area contributed by atoms with Crippen LogP contribution < -0.4 is 0 Å². The Balaban J connectivity index is 2.01. The average molecular weight is 251 g/mol. The second kappa shape index (κ2) is 4.80. The number of likely N-dealkylation sites (tertiary alicyclic amines) is 1. The molecule has 0 spiro atoms. The Labute approximate surface area is 105 Å². The number of aryl methyl sites for hydroxylation is 2. The van der Waals surface area contributed by atoms with E-state index < -0.39 is 5.97 Å².